The van der Waals surface area contributed by atoms with Crippen molar-refractivity contribution in [2.75, 3.05) is 11.9 Å². The number of amides is 2. The molecule has 0 saturated carbocycles. The number of carbonyl (C=O) groups excluding carboxylic acids is 1. The minimum absolute atomic E-state index is 0.243. The number of aromatic nitrogens is 4. The number of nitrogens with one attached hydrogen (secondary N) is 2. The molecule has 0 saturated heterocycles. The SMILES string of the molecule is CCOc1cc(NC(=O)NCc2cc(C(C)C)c3c(n2)c(C)nn3C)cc(Cl)n1. The van der Waals surface area contributed by atoms with E-state index >= 15 is 0 Å². The van der Waals surface area contributed by atoms with Crippen molar-refractivity contribution in [1.82, 2.24) is 25.1 Å². The molecular weight excluding hydrogens is 392 g/mol. The molecule has 0 aliphatic rings. The van der Waals surface area contributed by atoms with Gasteiger partial charge >= 0.3 is 6.03 Å². The van der Waals surface area contributed by atoms with Crippen molar-refractivity contribution in [2.24, 2.45) is 7.05 Å². The molecular formula is C20H25ClN6O2. The Labute approximate surface area is 174 Å². The molecule has 0 aliphatic carbocycles. The normalized spacial score (nSPS) is 11.1. The second kappa shape index (κ2) is 8.65. The fraction of sp³-hybridized carbons (Fsp3) is 0.400. The van der Waals surface area contributed by atoms with Crippen molar-refractivity contribution in [3.05, 3.63) is 40.3 Å². The average molecular weight is 417 g/mol. The zero-order valence-electron chi connectivity index (χ0n) is 17.2. The number of fused-ring (bicyclic) bond motifs is 1. The molecule has 154 valence electrons. The van der Waals surface area contributed by atoms with Gasteiger partial charge in [0.2, 0.25) is 5.88 Å². The molecule has 0 aliphatic heterocycles. The van der Waals surface area contributed by atoms with Crippen LogP contribution >= 0.6 is 11.6 Å². The van der Waals surface area contributed by atoms with Gasteiger partial charge < -0.3 is 15.4 Å². The van der Waals surface area contributed by atoms with Crippen LogP contribution in [-0.4, -0.2) is 32.4 Å². The molecule has 0 spiro atoms. The average Bonchev–Trinajstić information content (AvgIpc) is 2.93. The molecule has 0 fully saturated rings. The van der Waals surface area contributed by atoms with E-state index in [9.17, 15) is 4.79 Å². The molecule has 3 rings (SSSR count). The molecule has 0 bridgehead atoms. The van der Waals surface area contributed by atoms with Crippen LogP contribution in [0.25, 0.3) is 11.0 Å². The van der Waals surface area contributed by atoms with Crippen LogP contribution in [-0.2, 0) is 13.6 Å². The highest BCUT2D eigenvalue weighted by molar-refractivity contribution is 6.29. The Morgan fingerprint density at radius 2 is 2.03 bits per heavy atom. The van der Waals surface area contributed by atoms with Gasteiger partial charge in [0.1, 0.15) is 10.7 Å². The van der Waals surface area contributed by atoms with Crippen LogP contribution in [0.3, 0.4) is 0 Å². The predicted molar refractivity (Wildman–Crippen MR) is 114 cm³/mol. The highest BCUT2D eigenvalue weighted by Gasteiger charge is 2.16. The quantitative estimate of drug-likeness (QED) is 0.588. The monoisotopic (exact) mass is 416 g/mol. The molecule has 0 atom stereocenters. The van der Waals surface area contributed by atoms with E-state index in [0.29, 0.717) is 24.1 Å². The Bertz CT molecular complexity index is 1050. The maximum Gasteiger partial charge on any atom is 0.319 e. The number of halogens is 1. The Morgan fingerprint density at radius 3 is 2.72 bits per heavy atom. The van der Waals surface area contributed by atoms with E-state index in [2.05, 4.69) is 34.6 Å². The second-order valence-corrected chi connectivity index (χ2v) is 7.41. The van der Waals surface area contributed by atoms with E-state index in [1.807, 2.05) is 31.6 Å². The van der Waals surface area contributed by atoms with Gasteiger partial charge in [0.05, 0.1) is 35.7 Å². The fourth-order valence-electron chi connectivity index (χ4n) is 3.17. The number of pyridine rings is 2. The lowest BCUT2D eigenvalue weighted by molar-refractivity contribution is 0.251. The first kappa shape index (κ1) is 20.9. The second-order valence-electron chi connectivity index (χ2n) is 7.02. The van der Waals surface area contributed by atoms with E-state index in [-0.39, 0.29) is 17.7 Å². The topological polar surface area (TPSA) is 94.0 Å². The number of aryl methyl sites for hydroxylation is 2. The molecule has 3 aromatic rings. The third-order valence-corrected chi connectivity index (χ3v) is 4.61. The summed E-state index contributed by atoms with van der Waals surface area (Å²) in [7, 11) is 1.92. The highest BCUT2D eigenvalue weighted by atomic mass is 35.5. The minimum atomic E-state index is -0.370. The minimum Gasteiger partial charge on any atom is -0.478 e. The Morgan fingerprint density at radius 1 is 1.28 bits per heavy atom. The number of nitrogens with zero attached hydrogens (tertiary/aromatic N) is 4. The van der Waals surface area contributed by atoms with Crippen molar-refractivity contribution in [3.8, 4) is 5.88 Å². The van der Waals surface area contributed by atoms with Gasteiger partial charge in [-0.3, -0.25) is 4.68 Å². The van der Waals surface area contributed by atoms with E-state index in [0.717, 1.165) is 28.0 Å². The molecule has 8 nitrogen and oxygen atoms in total. The Hall–Kier alpha value is -2.87. The predicted octanol–water partition coefficient (Wildman–Crippen LogP) is 4.17. The number of ether oxygens (including phenoxy) is 1. The maximum atomic E-state index is 12.3. The van der Waals surface area contributed by atoms with Gasteiger partial charge in [-0.1, -0.05) is 25.4 Å². The molecule has 0 aromatic carbocycles. The van der Waals surface area contributed by atoms with Crippen molar-refractivity contribution >= 4 is 34.4 Å². The summed E-state index contributed by atoms with van der Waals surface area (Å²) in [5, 5.41) is 10.3. The summed E-state index contributed by atoms with van der Waals surface area (Å²) < 4.78 is 7.20. The first-order chi connectivity index (χ1) is 13.8. The molecule has 3 aromatic heterocycles. The molecule has 3 heterocycles. The zero-order chi connectivity index (χ0) is 21.1. The van der Waals surface area contributed by atoms with Crippen LogP contribution < -0.4 is 15.4 Å². The molecule has 2 amide bonds. The Kier molecular flexibility index (Phi) is 6.22. The summed E-state index contributed by atoms with van der Waals surface area (Å²) in [6.45, 7) is 8.79. The van der Waals surface area contributed by atoms with Crippen LogP contribution in [0.4, 0.5) is 10.5 Å². The number of urea groups is 1. The summed E-state index contributed by atoms with van der Waals surface area (Å²) >= 11 is 5.98. The van der Waals surface area contributed by atoms with E-state index in [4.69, 9.17) is 21.3 Å². The van der Waals surface area contributed by atoms with Crippen molar-refractivity contribution in [2.45, 2.75) is 40.2 Å². The van der Waals surface area contributed by atoms with Crippen molar-refractivity contribution < 1.29 is 9.53 Å². The smallest absolute Gasteiger partial charge is 0.319 e. The first-order valence-electron chi connectivity index (χ1n) is 9.46. The third-order valence-electron chi connectivity index (χ3n) is 4.41. The number of rotatable bonds is 6. The van der Waals surface area contributed by atoms with Crippen LogP contribution in [0.15, 0.2) is 18.2 Å². The van der Waals surface area contributed by atoms with Gasteiger partial charge in [0.15, 0.2) is 0 Å². The summed E-state index contributed by atoms with van der Waals surface area (Å²) in [6, 6.07) is 4.83. The van der Waals surface area contributed by atoms with Gasteiger partial charge in [0, 0.05) is 13.1 Å². The zero-order valence-corrected chi connectivity index (χ0v) is 18.0. The van der Waals surface area contributed by atoms with Crippen LogP contribution in [0.1, 0.15) is 43.6 Å². The summed E-state index contributed by atoms with van der Waals surface area (Å²) in [6.07, 6.45) is 0. The summed E-state index contributed by atoms with van der Waals surface area (Å²) in [4.78, 5) is 21.1. The molecule has 2 N–H and O–H groups in total. The lowest BCUT2D eigenvalue weighted by Crippen LogP contribution is -2.28. The van der Waals surface area contributed by atoms with Crippen molar-refractivity contribution in [1.29, 1.82) is 0 Å². The van der Waals surface area contributed by atoms with Crippen LogP contribution in [0, 0.1) is 6.92 Å². The lowest BCUT2D eigenvalue weighted by atomic mass is 10.0. The van der Waals surface area contributed by atoms with E-state index < -0.39 is 0 Å². The maximum absolute atomic E-state index is 12.3. The van der Waals surface area contributed by atoms with Gasteiger partial charge in [0.25, 0.3) is 0 Å². The standard InChI is InChI=1S/C20H25ClN6O2/c1-6-29-17-9-13(8-16(21)25-17)24-20(28)22-10-14-7-15(11(2)3)19-18(23-14)12(4)26-27(19)5/h7-9,11H,6,10H2,1-5H3,(H2,22,24,25,28). The Balaban J connectivity index is 1.75. The van der Waals surface area contributed by atoms with Crippen LogP contribution in [0.2, 0.25) is 5.15 Å². The van der Waals surface area contributed by atoms with Crippen molar-refractivity contribution in [3.63, 3.8) is 0 Å². The van der Waals surface area contributed by atoms with Gasteiger partial charge in [-0.15, -0.1) is 0 Å². The molecule has 0 unspecified atom stereocenters. The van der Waals surface area contributed by atoms with Gasteiger partial charge in [-0.25, -0.2) is 14.8 Å². The number of hydrogen-bond acceptors (Lipinski definition) is 5. The number of hydrogen-bond donors (Lipinski definition) is 2. The number of carbonyl (C=O) groups is 1. The largest absolute Gasteiger partial charge is 0.478 e. The first-order valence-corrected chi connectivity index (χ1v) is 9.84. The van der Waals surface area contributed by atoms with Gasteiger partial charge in [-0.05, 0) is 37.5 Å². The third kappa shape index (κ3) is 4.76. The highest BCUT2D eigenvalue weighted by Crippen LogP contribution is 2.27. The number of anilines is 1. The van der Waals surface area contributed by atoms with Gasteiger partial charge in [-0.2, -0.15) is 5.10 Å². The van der Waals surface area contributed by atoms with Crippen LogP contribution in [0.5, 0.6) is 5.88 Å². The molecule has 0 radical (unpaired) electrons. The lowest BCUT2D eigenvalue weighted by Gasteiger charge is -2.12. The summed E-state index contributed by atoms with van der Waals surface area (Å²) in [5.41, 5.74) is 5.18. The van der Waals surface area contributed by atoms with E-state index in [1.54, 1.807) is 12.1 Å². The molecule has 9 heteroatoms. The summed E-state index contributed by atoms with van der Waals surface area (Å²) in [5.74, 6) is 0.662. The molecule has 29 heavy (non-hydrogen) atoms. The van der Waals surface area contributed by atoms with E-state index in [1.165, 1.54) is 0 Å². The fourth-order valence-corrected chi connectivity index (χ4v) is 3.37.